The molecule has 0 aromatic heterocycles. The van der Waals surface area contributed by atoms with Crippen molar-refractivity contribution in [2.45, 2.75) is 25.8 Å². The van der Waals surface area contributed by atoms with Gasteiger partial charge >= 0.3 is 0 Å². The highest BCUT2D eigenvalue weighted by Gasteiger charge is 2.33. The van der Waals surface area contributed by atoms with Crippen LogP contribution in [0.1, 0.15) is 36.9 Å². The fourth-order valence-corrected chi connectivity index (χ4v) is 4.35. The molecule has 3 nitrogen and oxygen atoms in total. The number of fused-ring (bicyclic) bond motifs is 1. The zero-order valence-electron chi connectivity index (χ0n) is 18.7. The summed E-state index contributed by atoms with van der Waals surface area (Å²) >= 11 is 0. The van der Waals surface area contributed by atoms with E-state index in [1.54, 1.807) is 0 Å². The molecule has 0 aliphatic rings. The van der Waals surface area contributed by atoms with Crippen LogP contribution in [-0.2, 0) is 4.79 Å². The first kappa shape index (κ1) is 21.6. The zero-order chi connectivity index (χ0) is 22.3. The van der Waals surface area contributed by atoms with Gasteiger partial charge in [0.25, 0.3) is 0 Å². The molecule has 0 unspecified atom stereocenters. The van der Waals surface area contributed by atoms with Gasteiger partial charge in [0.05, 0.1) is 12.0 Å². The number of likely N-dealkylation sites (N-methyl/N-ethyl adjacent to an activating group) is 1. The molecule has 0 fully saturated rings. The van der Waals surface area contributed by atoms with Crippen LogP contribution in [0.15, 0.2) is 103 Å². The normalized spacial score (nSPS) is 12.8. The number of carbonyl (C=O) groups is 1. The predicted octanol–water partition coefficient (Wildman–Crippen LogP) is 6.65. The topological polar surface area (TPSA) is 32.3 Å². The number of anilines is 1. The first-order valence-corrected chi connectivity index (χ1v) is 11.3. The third-order valence-corrected chi connectivity index (χ3v) is 6.06. The Morgan fingerprint density at radius 1 is 0.719 bits per heavy atom. The van der Waals surface area contributed by atoms with Gasteiger partial charge in [-0.3, -0.25) is 4.79 Å². The summed E-state index contributed by atoms with van der Waals surface area (Å²) in [7, 11) is 0. The van der Waals surface area contributed by atoms with E-state index >= 15 is 0 Å². The van der Waals surface area contributed by atoms with Crippen molar-refractivity contribution in [3.8, 4) is 0 Å². The molecule has 0 saturated carbocycles. The van der Waals surface area contributed by atoms with Crippen molar-refractivity contribution in [3.63, 3.8) is 0 Å². The lowest BCUT2D eigenvalue weighted by molar-refractivity contribution is -0.132. The summed E-state index contributed by atoms with van der Waals surface area (Å²) in [4.78, 5) is 15.7. The van der Waals surface area contributed by atoms with E-state index in [4.69, 9.17) is 0 Å². The molecule has 1 N–H and O–H groups in total. The second-order valence-electron chi connectivity index (χ2n) is 7.99. The Morgan fingerprint density at radius 3 is 1.91 bits per heavy atom. The van der Waals surface area contributed by atoms with Gasteiger partial charge in [0.1, 0.15) is 0 Å². The highest BCUT2D eigenvalue weighted by atomic mass is 16.2. The number of hydrogen-bond donors (Lipinski definition) is 1. The molecule has 0 heterocycles. The molecule has 32 heavy (non-hydrogen) atoms. The van der Waals surface area contributed by atoms with Gasteiger partial charge in [-0.2, -0.15) is 0 Å². The summed E-state index contributed by atoms with van der Waals surface area (Å²) in [6.07, 6.45) is 0. The molecule has 0 saturated heterocycles. The average molecular weight is 423 g/mol. The average Bonchev–Trinajstić information content (AvgIpc) is 2.85. The Labute approximate surface area is 190 Å². The quantitative estimate of drug-likeness (QED) is 0.345. The molecule has 0 bridgehead atoms. The second-order valence-corrected chi connectivity index (χ2v) is 7.99. The van der Waals surface area contributed by atoms with Crippen molar-refractivity contribution in [2.75, 3.05) is 18.4 Å². The molecule has 2 atom stereocenters. The van der Waals surface area contributed by atoms with Gasteiger partial charge in [-0.1, -0.05) is 91.0 Å². The number of nitrogens with zero attached hydrogens (tertiary/aromatic N) is 1. The number of rotatable bonds is 8. The number of nitrogens with one attached hydrogen (secondary N) is 1. The van der Waals surface area contributed by atoms with Gasteiger partial charge in [-0.25, -0.2) is 0 Å². The summed E-state index contributed by atoms with van der Waals surface area (Å²) < 4.78 is 0. The summed E-state index contributed by atoms with van der Waals surface area (Å²) in [5, 5.41) is 6.10. The first-order chi connectivity index (χ1) is 15.7. The SMILES string of the molecule is CCN(CC)C(=O)[C@@H](c1ccccc1)[C@@H](Nc1ccc2ccccc2c1)c1ccccc1. The summed E-state index contributed by atoms with van der Waals surface area (Å²) in [5.74, 6) is -0.201. The highest BCUT2D eigenvalue weighted by Crippen LogP contribution is 2.36. The van der Waals surface area contributed by atoms with Crippen LogP contribution in [-0.4, -0.2) is 23.9 Å². The molecule has 1 amide bonds. The number of hydrogen-bond acceptors (Lipinski definition) is 2. The first-order valence-electron chi connectivity index (χ1n) is 11.3. The Hall–Kier alpha value is -3.59. The third kappa shape index (κ3) is 4.67. The Kier molecular flexibility index (Phi) is 6.86. The monoisotopic (exact) mass is 422 g/mol. The summed E-state index contributed by atoms with van der Waals surface area (Å²) in [6, 6.07) is 35.0. The van der Waals surface area contributed by atoms with Crippen molar-refractivity contribution in [1.29, 1.82) is 0 Å². The van der Waals surface area contributed by atoms with Crippen molar-refractivity contribution >= 4 is 22.4 Å². The Morgan fingerprint density at radius 2 is 1.28 bits per heavy atom. The second kappa shape index (κ2) is 10.1. The smallest absolute Gasteiger partial charge is 0.232 e. The number of benzene rings is 4. The predicted molar refractivity (Wildman–Crippen MR) is 134 cm³/mol. The fourth-order valence-electron chi connectivity index (χ4n) is 4.35. The van der Waals surface area contributed by atoms with Gasteiger partial charge in [0.2, 0.25) is 5.91 Å². The van der Waals surface area contributed by atoms with Crippen LogP contribution in [0.5, 0.6) is 0 Å². The molecular weight excluding hydrogens is 392 g/mol. The Bertz CT molecular complexity index is 1150. The fraction of sp³-hybridized carbons (Fsp3) is 0.207. The van der Waals surface area contributed by atoms with Crippen LogP contribution in [0.3, 0.4) is 0 Å². The minimum absolute atomic E-state index is 0.142. The number of carbonyl (C=O) groups excluding carboxylic acids is 1. The number of amides is 1. The zero-order valence-corrected chi connectivity index (χ0v) is 18.7. The lowest BCUT2D eigenvalue weighted by atomic mass is 9.85. The van der Waals surface area contributed by atoms with Crippen molar-refractivity contribution in [3.05, 3.63) is 114 Å². The molecule has 3 heteroatoms. The summed E-state index contributed by atoms with van der Waals surface area (Å²) in [5.41, 5.74) is 3.12. The van der Waals surface area contributed by atoms with E-state index in [1.165, 1.54) is 10.8 Å². The molecule has 4 aromatic carbocycles. The van der Waals surface area contributed by atoms with Gasteiger partial charge in [-0.05, 0) is 47.9 Å². The molecule has 0 aliphatic carbocycles. The lowest BCUT2D eigenvalue weighted by Crippen LogP contribution is -2.39. The maximum atomic E-state index is 13.8. The summed E-state index contributed by atoms with van der Waals surface area (Å²) in [6.45, 7) is 5.46. The third-order valence-electron chi connectivity index (χ3n) is 6.06. The van der Waals surface area contributed by atoms with Gasteiger partial charge in [0, 0.05) is 18.8 Å². The van der Waals surface area contributed by atoms with Crippen LogP contribution in [0.2, 0.25) is 0 Å². The van der Waals surface area contributed by atoms with E-state index in [1.807, 2.05) is 55.1 Å². The highest BCUT2D eigenvalue weighted by molar-refractivity contribution is 5.87. The molecule has 4 aromatic rings. The van der Waals surface area contributed by atoms with Crippen molar-refractivity contribution in [2.24, 2.45) is 0 Å². The van der Waals surface area contributed by atoms with E-state index in [0.29, 0.717) is 13.1 Å². The van der Waals surface area contributed by atoms with Crippen LogP contribution < -0.4 is 5.32 Å². The largest absolute Gasteiger partial charge is 0.377 e. The van der Waals surface area contributed by atoms with E-state index in [0.717, 1.165) is 16.8 Å². The van der Waals surface area contributed by atoms with Crippen LogP contribution in [0.25, 0.3) is 10.8 Å². The minimum Gasteiger partial charge on any atom is -0.377 e. The van der Waals surface area contributed by atoms with E-state index < -0.39 is 0 Å². The Balaban J connectivity index is 1.81. The maximum absolute atomic E-state index is 13.8. The molecule has 0 radical (unpaired) electrons. The van der Waals surface area contributed by atoms with E-state index in [2.05, 4.69) is 72.0 Å². The van der Waals surface area contributed by atoms with Gasteiger partial charge in [0.15, 0.2) is 0 Å². The lowest BCUT2D eigenvalue weighted by Gasteiger charge is -2.33. The molecular formula is C29H30N2O. The molecule has 0 aliphatic heterocycles. The molecule has 0 spiro atoms. The molecule has 4 rings (SSSR count). The van der Waals surface area contributed by atoms with Gasteiger partial charge in [-0.15, -0.1) is 0 Å². The van der Waals surface area contributed by atoms with E-state index in [9.17, 15) is 4.79 Å². The van der Waals surface area contributed by atoms with Crippen LogP contribution in [0, 0.1) is 0 Å². The van der Waals surface area contributed by atoms with Crippen molar-refractivity contribution in [1.82, 2.24) is 4.90 Å². The molecule has 162 valence electrons. The minimum atomic E-state index is -0.343. The van der Waals surface area contributed by atoms with Gasteiger partial charge < -0.3 is 10.2 Å². The van der Waals surface area contributed by atoms with Crippen LogP contribution in [0.4, 0.5) is 5.69 Å². The van der Waals surface area contributed by atoms with E-state index in [-0.39, 0.29) is 17.9 Å². The standard InChI is InChI=1S/C29H30N2O/c1-3-31(4-2)29(32)27(23-14-7-5-8-15-23)28(24-16-9-6-10-17-24)30-26-20-19-22-13-11-12-18-25(22)21-26/h5-21,27-28,30H,3-4H2,1-2H3/t27-,28-/m0/s1. The van der Waals surface area contributed by atoms with Crippen LogP contribution >= 0.6 is 0 Å². The van der Waals surface area contributed by atoms with Crippen molar-refractivity contribution < 1.29 is 4.79 Å². The maximum Gasteiger partial charge on any atom is 0.232 e.